The van der Waals surface area contributed by atoms with E-state index in [4.69, 9.17) is 4.74 Å². The summed E-state index contributed by atoms with van der Waals surface area (Å²) in [5.74, 6) is 1.87. The zero-order valence-corrected chi connectivity index (χ0v) is 19.5. The Morgan fingerprint density at radius 3 is 2.56 bits per heavy atom. The summed E-state index contributed by atoms with van der Waals surface area (Å²) in [5, 5.41) is 0. The van der Waals surface area contributed by atoms with E-state index in [2.05, 4.69) is 45.7 Å². The van der Waals surface area contributed by atoms with Gasteiger partial charge in [-0.05, 0) is 111 Å². The number of rotatable bonds is 1. The van der Waals surface area contributed by atoms with Crippen LogP contribution in [-0.2, 0) is 14.3 Å². The molecule has 0 amide bonds. The molecule has 0 aromatic carbocycles. The highest BCUT2D eigenvalue weighted by molar-refractivity contribution is 9.28. The molecule has 3 nitrogen and oxygen atoms in total. The van der Waals surface area contributed by atoms with Gasteiger partial charge in [0.05, 0.1) is 3.39 Å². The average molecular weight is 500 g/mol. The van der Waals surface area contributed by atoms with Crippen LogP contribution in [0.25, 0.3) is 0 Å². The first-order valence-electron chi connectivity index (χ1n) is 10.1. The van der Waals surface area contributed by atoms with Gasteiger partial charge in [0.2, 0.25) is 0 Å². The quantitative estimate of drug-likeness (QED) is 0.411. The summed E-state index contributed by atoms with van der Waals surface area (Å²) in [6.07, 6.45) is 8.97. The van der Waals surface area contributed by atoms with Crippen LogP contribution < -0.4 is 0 Å². The van der Waals surface area contributed by atoms with Gasteiger partial charge in [0.15, 0.2) is 5.78 Å². The molecule has 0 radical (unpaired) electrons. The van der Waals surface area contributed by atoms with Crippen molar-refractivity contribution < 1.29 is 14.3 Å². The van der Waals surface area contributed by atoms with Crippen molar-refractivity contribution in [1.82, 2.24) is 0 Å². The standard InChI is InChI=1S/C22H28Br2O3/c1-12(25)27-19-5-4-16-14-11-15(20(23)24)18-10-13(26)6-8-21(18,2)17(14)7-9-22(16,19)3/h10,14,16-17,19H,4-9,11H2,1-3H3. The summed E-state index contributed by atoms with van der Waals surface area (Å²) in [4.78, 5) is 23.8. The van der Waals surface area contributed by atoms with E-state index in [0.29, 0.717) is 24.2 Å². The van der Waals surface area contributed by atoms with Crippen molar-refractivity contribution in [2.24, 2.45) is 28.6 Å². The van der Waals surface area contributed by atoms with Crippen molar-refractivity contribution in [2.45, 2.75) is 71.8 Å². The molecule has 6 atom stereocenters. The van der Waals surface area contributed by atoms with Crippen LogP contribution in [0.2, 0.25) is 0 Å². The third-order valence-corrected chi connectivity index (χ3v) is 9.24. The zero-order chi connectivity index (χ0) is 19.6. The Labute approximate surface area is 178 Å². The third kappa shape index (κ3) is 3.02. The molecule has 6 unspecified atom stereocenters. The van der Waals surface area contributed by atoms with Crippen LogP contribution in [0.1, 0.15) is 65.7 Å². The summed E-state index contributed by atoms with van der Waals surface area (Å²) in [5.41, 5.74) is 2.67. The number of allylic oxidation sites excluding steroid dienone is 2. The lowest BCUT2D eigenvalue weighted by atomic mass is 9.46. The molecule has 0 spiro atoms. The van der Waals surface area contributed by atoms with E-state index in [-0.39, 0.29) is 28.7 Å². The van der Waals surface area contributed by atoms with E-state index in [1.165, 1.54) is 18.1 Å². The Bertz CT molecular complexity index is 751. The molecule has 0 aliphatic heterocycles. The number of ketones is 1. The predicted molar refractivity (Wildman–Crippen MR) is 113 cm³/mol. The summed E-state index contributed by atoms with van der Waals surface area (Å²) in [6, 6.07) is 0. The topological polar surface area (TPSA) is 43.4 Å². The van der Waals surface area contributed by atoms with E-state index >= 15 is 0 Å². The second-order valence-corrected chi connectivity index (χ2v) is 12.1. The fraction of sp³-hybridized carbons (Fsp3) is 0.727. The lowest BCUT2D eigenvalue weighted by Gasteiger charge is -2.58. The minimum absolute atomic E-state index is 0.0541. The van der Waals surface area contributed by atoms with Gasteiger partial charge in [-0.25, -0.2) is 0 Å². The molecule has 4 aliphatic carbocycles. The number of carbonyl (C=O) groups excluding carboxylic acids is 2. The highest BCUT2D eigenvalue weighted by atomic mass is 79.9. The number of halogens is 2. The summed E-state index contributed by atoms with van der Waals surface area (Å²) >= 11 is 7.33. The first-order valence-corrected chi connectivity index (χ1v) is 11.7. The Kier molecular flexibility index (Phi) is 5.03. The summed E-state index contributed by atoms with van der Waals surface area (Å²) < 4.78 is 6.75. The van der Waals surface area contributed by atoms with Crippen LogP contribution in [0.4, 0.5) is 0 Å². The monoisotopic (exact) mass is 498 g/mol. The van der Waals surface area contributed by atoms with Gasteiger partial charge in [-0.3, -0.25) is 9.59 Å². The van der Waals surface area contributed by atoms with Gasteiger partial charge >= 0.3 is 5.97 Å². The van der Waals surface area contributed by atoms with Gasteiger partial charge in [-0.1, -0.05) is 13.8 Å². The number of hydrogen-bond acceptors (Lipinski definition) is 3. The lowest BCUT2D eigenvalue weighted by molar-refractivity contribution is -0.156. The number of ether oxygens (including phenoxy) is 1. The van der Waals surface area contributed by atoms with Crippen molar-refractivity contribution >= 4 is 43.6 Å². The molecule has 0 saturated heterocycles. The Hall–Kier alpha value is -0.420. The molecule has 0 N–H and O–H groups in total. The average Bonchev–Trinajstić information content (AvgIpc) is 2.91. The van der Waals surface area contributed by atoms with Crippen molar-refractivity contribution in [2.75, 3.05) is 0 Å². The molecule has 4 rings (SSSR count). The maximum Gasteiger partial charge on any atom is 0.302 e. The number of carbonyl (C=O) groups is 2. The van der Waals surface area contributed by atoms with Gasteiger partial charge in [0.25, 0.3) is 0 Å². The Balaban J connectivity index is 1.74. The molecule has 148 valence electrons. The van der Waals surface area contributed by atoms with Crippen molar-refractivity contribution in [1.29, 1.82) is 0 Å². The third-order valence-electron chi connectivity index (χ3n) is 8.28. The van der Waals surface area contributed by atoms with Crippen molar-refractivity contribution in [3.8, 4) is 0 Å². The molecule has 5 heteroatoms. The molecular formula is C22H28Br2O3. The largest absolute Gasteiger partial charge is 0.462 e. The molecule has 3 fully saturated rings. The second-order valence-electron chi connectivity index (χ2n) is 9.48. The molecule has 27 heavy (non-hydrogen) atoms. The van der Waals surface area contributed by atoms with Gasteiger partial charge in [-0.15, -0.1) is 0 Å². The molecule has 3 saturated carbocycles. The van der Waals surface area contributed by atoms with Crippen LogP contribution in [0.5, 0.6) is 0 Å². The molecule has 0 bridgehead atoms. The van der Waals surface area contributed by atoms with E-state index in [1.54, 1.807) is 0 Å². The SMILES string of the molecule is CC(=O)OC1CCC2C3CC(=C(Br)Br)C4=CC(=O)CCC4(C)C3CCC12C. The maximum atomic E-state index is 12.2. The number of hydrogen-bond donors (Lipinski definition) is 0. The molecule has 0 heterocycles. The zero-order valence-electron chi connectivity index (χ0n) is 16.3. The summed E-state index contributed by atoms with van der Waals surface area (Å²) in [7, 11) is 0. The van der Waals surface area contributed by atoms with Gasteiger partial charge in [0.1, 0.15) is 6.10 Å². The number of fused-ring (bicyclic) bond motifs is 5. The Morgan fingerprint density at radius 1 is 1.15 bits per heavy atom. The first-order chi connectivity index (χ1) is 12.7. The summed E-state index contributed by atoms with van der Waals surface area (Å²) in [6.45, 7) is 6.26. The fourth-order valence-electron chi connectivity index (χ4n) is 6.97. The van der Waals surface area contributed by atoms with Crippen LogP contribution in [0.3, 0.4) is 0 Å². The molecule has 4 aliphatic rings. The highest BCUT2D eigenvalue weighted by Gasteiger charge is 2.60. The lowest BCUT2D eigenvalue weighted by Crippen LogP contribution is -2.52. The van der Waals surface area contributed by atoms with Crippen molar-refractivity contribution in [3.05, 3.63) is 20.6 Å². The maximum absolute atomic E-state index is 12.2. The molecular weight excluding hydrogens is 472 g/mol. The minimum Gasteiger partial charge on any atom is -0.462 e. The van der Waals surface area contributed by atoms with Crippen LogP contribution in [0.15, 0.2) is 20.6 Å². The predicted octanol–water partition coefficient (Wildman–Crippen LogP) is 6.06. The van der Waals surface area contributed by atoms with Gasteiger partial charge < -0.3 is 4.74 Å². The van der Waals surface area contributed by atoms with E-state index in [1.807, 2.05) is 6.08 Å². The van der Waals surface area contributed by atoms with Gasteiger partial charge in [0, 0.05) is 18.8 Å². The second kappa shape index (κ2) is 6.83. The molecule has 0 aromatic rings. The number of esters is 1. The normalized spacial score (nSPS) is 43.4. The first kappa shape index (κ1) is 19.9. The minimum atomic E-state index is -0.153. The van der Waals surface area contributed by atoms with Crippen LogP contribution in [0, 0.1) is 28.6 Å². The van der Waals surface area contributed by atoms with Crippen LogP contribution >= 0.6 is 31.9 Å². The van der Waals surface area contributed by atoms with E-state index in [9.17, 15) is 9.59 Å². The molecule has 0 aromatic heterocycles. The fourth-order valence-corrected chi connectivity index (χ4v) is 7.72. The Morgan fingerprint density at radius 2 is 1.89 bits per heavy atom. The van der Waals surface area contributed by atoms with Crippen LogP contribution in [-0.4, -0.2) is 17.9 Å². The highest BCUT2D eigenvalue weighted by Crippen LogP contribution is 2.67. The van der Waals surface area contributed by atoms with E-state index < -0.39 is 0 Å². The van der Waals surface area contributed by atoms with Crippen molar-refractivity contribution in [3.63, 3.8) is 0 Å². The van der Waals surface area contributed by atoms with E-state index in [0.717, 1.165) is 41.9 Å². The van der Waals surface area contributed by atoms with Gasteiger partial charge in [-0.2, -0.15) is 0 Å². The smallest absolute Gasteiger partial charge is 0.302 e.